The number of methoxy groups -OCH3 is 1. The van der Waals surface area contributed by atoms with E-state index in [0.717, 1.165) is 26.2 Å². The molecule has 0 atom stereocenters. The van der Waals surface area contributed by atoms with Gasteiger partial charge < -0.3 is 9.47 Å². The van der Waals surface area contributed by atoms with Gasteiger partial charge in [-0.25, -0.2) is 12.7 Å². The number of halogens is 1. The van der Waals surface area contributed by atoms with Gasteiger partial charge in [-0.2, -0.15) is 0 Å². The van der Waals surface area contributed by atoms with E-state index in [0.29, 0.717) is 16.5 Å². The van der Waals surface area contributed by atoms with Gasteiger partial charge in [0.2, 0.25) is 10.0 Å². The molecule has 9 heteroatoms. The Hall–Kier alpha value is -2.42. The molecule has 0 unspecified atom stereocenters. The third kappa shape index (κ3) is 5.59. The molecule has 0 aromatic heterocycles. The van der Waals surface area contributed by atoms with Crippen molar-refractivity contribution in [1.29, 1.82) is 0 Å². The topological polar surface area (TPSA) is 72.9 Å². The first kappa shape index (κ1) is 22.3. The summed E-state index contributed by atoms with van der Waals surface area (Å²) >= 11 is 7.23. The fourth-order valence-electron chi connectivity index (χ4n) is 2.75. The average Bonchev–Trinajstić information content (AvgIpc) is 2.72. The second kappa shape index (κ2) is 9.59. The molecule has 0 fully saturated rings. The number of rotatable bonds is 8. The fourth-order valence-corrected chi connectivity index (χ4v) is 4.43. The van der Waals surface area contributed by atoms with Crippen molar-refractivity contribution >= 4 is 55.8 Å². The number of sulfonamides is 1. The Kier molecular flexibility index (Phi) is 7.12. The highest BCUT2D eigenvalue weighted by atomic mass is 35.5. The number of ether oxygens (including phenoxy) is 2. The summed E-state index contributed by atoms with van der Waals surface area (Å²) in [5.41, 5.74) is 0.447. The van der Waals surface area contributed by atoms with E-state index in [1.54, 1.807) is 30.3 Å². The Bertz CT molecular complexity index is 1150. The molecule has 0 saturated carbocycles. The number of hydrogen-bond donors (Lipinski definition) is 0. The molecule has 6 nitrogen and oxygen atoms in total. The van der Waals surface area contributed by atoms with E-state index < -0.39 is 10.0 Å². The highest BCUT2D eigenvalue weighted by Crippen LogP contribution is 2.33. The molecule has 0 bridgehead atoms. The van der Waals surface area contributed by atoms with Crippen LogP contribution in [-0.4, -0.2) is 40.2 Å². The average molecular weight is 466 g/mol. The van der Waals surface area contributed by atoms with Crippen molar-refractivity contribution in [3.8, 4) is 5.75 Å². The van der Waals surface area contributed by atoms with E-state index in [2.05, 4.69) is 4.74 Å². The van der Waals surface area contributed by atoms with Crippen LogP contribution in [0.25, 0.3) is 10.8 Å². The van der Waals surface area contributed by atoms with E-state index in [4.69, 9.17) is 16.3 Å². The molecule has 0 N–H and O–H groups in total. The van der Waals surface area contributed by atoms with Crippen LogP contribution in [0.1, 0.15) is 0 Å². The maximum absolute atomic E-state index is 12.3. The number of hydrogen-bond acceptors (Lipinski definition) is 6. The van der Waals surface area contributed by atoms with Crippen LogP contribution >= 0.6 is 23.4 Å². The van der Waals surface area contributed by atoms with Gasteiger partial charge in [-0.3, -0.25) is 4.79 Å². The van der Waals surface area contributed by atoms with Crippen LogP contribution < -0.4 is 9.04 Å². The predicted octanol–water partition coefficient (Wildman–Crippen LogP) is 4.56. The van der Waals surface area contributed by atoms with Gasteiger partial charge in [0.15, 0.2) is 6.73 Å². The van der Waals surface area contributed by atoms with Crippen molar-refractivity contribution in [2.24, 2.45) is 0 Å². The highest BCUT2D eigenvalue weighted by molar-refractivity contribution is 8.00. The van der Waals surface area contributed by atoms with Gasteiger partial charge >= 0.3 is 5.97 Å². The summed E-state index contributed by atoms with van der Waals surface area (Å²) in [4.78, 5) is 12.3. The molecule has 0 aliphatic carbocycles. The summed E-state index contributed by atoms with van der Waals surface area (Å²) < 4.78 is 36.5. The van der Waals surface area contributed by atoms with Crippen LogP contribution in [0.5, 0.6) is 5.75 Å². The molecule has 30 heavy (non-hydrogen) atoms. The summed E-state index contributed by atoms with van der Waals surface area (Å²) in [5.74, 6) is 0.346. The molecule has 0 aliphatic heterocycles. The third-order valence-electron chi connectivity index (χ3n) is 4.23. The first-order valence-electron chi connectivity index (χ1n) is 8.86. The standard InChI is InChI=1S/C21H20ClNO5S2/c1-27-21(24)13-29-18-11-15-5-3-4-6-19(15)20(12-18)28-14-23(30(2,25)26)17-9-7-16(22)8-10-17/h3-12H,13-14H2,1-2H3. The molecule has 0 saturated heterocycles. The van der Waals surface area contributed by atoms with Crippen LogP contribution in [0, 0.1) is 0 Å². The molecule has 3 aromatic rings. The minimum absolute atomic E-state index is 0.161. The normalized spacial score (nSPS) is 11.3. The molecule has 0 amide bonds. The Morgan fingerprint density at radius 1 is 1.10 bits per heavy atom. The summed E-state index contributed by atoms with van der Waals surface area (Å²) in [6, 6.07) is 17.8. The number of nitrogens with zero attached hydrogens (tertiary/aromatic N) is 1. The smallest absolute Gasteiger partial charge is 0.315 e. The Morgan fingerprint density at radius 2 is 1.80 bits per heavy atom. The van der Waals surface area contributed by atoms with Gasteiger partial charge in [-0.15, -0.1) is 11.8 Å². The number of esters is 1. The first-order chi connectivity index (χ1) is 14.3. The summed E-state index contributed by atoms with van der Waals surface area (Å²) in [6.07, 6.45) is 1.12. The molecule has 0 aliphatic rings. The summed E-state index contributed by atoms with van der Waals surface area (Å²) in [5, 5.41) is 2.26. The fraction of sp³-hybridized carbons (Fsp3) is 0.190. The highest BCUT2D eigenvalue weighted by Gasteiger charge is 2.19. The lowest BCUT2D eigenvalue weighted by Crippen LogP contribution is -2.33. The van der Waals surface area contributed by atoms with Crippen LogP contribution in [0.15, 0.2) is 65.6 Å². The van der Waals surface area contributed by atoms with E-state index in [1.807, 2.05) is 30.3 Å². The molecular formula is C21H20ClNO5S2. The van der Waals surface area contributed by atoms with Gasteiger partial charge in [0.1, 0.15) is 5.75 Å². The molecule has 3 aromatic carbocycles. The number of thioether (sulfide) groups is 1. The number of carbonyl (C=O) groups excluding carboxylic acids is 1. The second-order valence-electron chi connectivity index (χ2n) is 6.37. The lowest BCUT2D eigenvalue weighted by Gasteiger charge is -2.23. The van der Waals surface area contributed by atoms with Crippen LogP contribution in [0.4, 0.5) is 5.69 Å². The lowest BCUT2D eigenvalue weighted by atomic mass is 10.1. The van der Waals surface area contributed by atoms with E-state index >= 15 is 0 Å². The molecule has 158 valence electrons. The van der Waals surface area contributed by atoms with E-state index in [1.165, 1.54) is 18.9 Å². The van der Waals surface area contributed by atoms with Crippen LogP contribution in [0.2, 0.25) is 5.02 Å². The number of carbonyl (C=O) groups is 1. The van der Waals surface area contributed by atoms with Gasteiger partial charge in [-0.05, 0) is 41.8 Å². The number of benzene rings is 3. The third-order valence-corrected chi connectivity index (χ3v) is 6.55. The zero-order valence-electron chi connectivity index (χ0n) is 16.4. The number of fused-ring (bicyclic) bond motifs is 1. The zero-order chi connectivity index (χ0) is 21.7. The van der Waals surface area contributed by atoms with Crippen molar-refractivity contribution in [3.63, 3.8) is 0 Å². The Balaban J connectivity index is 1.90. The van der Waals surface area contributed by atoms with Crippen molar-refractivity contribution in [3.05, 3.63) is 65.7 Å². The van der Waals surface area contributed by atoms with Gasteiger partial charge in [0, 0.05) is 15.3 Å². The molecule has 0 heterocycles. The summed E-state index contributed by atoms with van der Waals surface area (Å²) in [6.45, 7) is -0.213. The van der Waals surface area contributed by atoms with Gasteiger partial charge in [0.25, 0.3) is 0 Å². The first-order valence-corrected chi connectivity index (χ1v) is 12.1. The molecule has 0 radical (unpaired) electrons. The summed E-state index contributed by atoms with van der Waals surface area (Å²) in [7, 11) is -2.25. The quantitative estimate of drug-likeness (QED) is 0.276. The molecule has 0 spiro atoms. The second-order valence-corrected chi connectivity index (χ2v) is 9.76. The van der Waals surface area contributed by atoms with Crippen LogP contribution in [0.3, 0.4) is 0 Å². The maximum Gasteiger partial charge on any atom is 0.315 e. The Morgan fingerprint density at radius 3 is 2.47 bits per heavy atom. The van der Waals surface area contributed by atoms with Crippen molar-refractivity contribution in [2.75, 3.05) is 30.2 Å². The monoisotopic (exact) mass is 465 g/mol. The SMILES string of the molecule is COC(=O)CSc1cc(OCN(c2ccc(Cl)cc2)S(C)(=O)=O)c2ccccc2c1. The minimum atomic E-state index is -3.59. The largest absolute Gasteiger partial charge is 0.471 e. The maximum atomic E-state index is 12.3. The van der Waals surface area contributed by atoms with Crippen molar-refractivity contribution in [1.82, 2.24) is 0 Å². The van der Waals surface area contributed by atoms with E-state index in [9.17, 15) is 13.2 Å². The van der Waals surface area contributed by atoms with Crippen LogP contribution in [-0.2, 0) is 19.6 Å². The molecule has 3 rings (SSSR count). The van der Waals surface area contributed by atoms with Crippen molar-refractivity contribution < 1.29 is 22.7 Å². The minimum Gasteiger partial charge on any atom is -0.471 e. The van der Waals surface area contributed by atoms with E-state index in [-0.39, 0.29) is 18.5 Å². The Labute approximate surface area is 184 Å². The predicted molar refractivity (Wildman–Crippen MR) is 121 cm³/mol. The zero-order valence-corrected chi connectivity index (χ0v) is 18.8. The number of anilines is 1. The van der Waals surface area contributed by atoms with Gasteiger partial charge in [-0.1, -0.05) is 35.9 Å². The lowest BCUT2D eigenvalue weighted by molar-refractivity contribution is -0.137. The van der Waals surface area contributed by atoms with Crippen molar-refractivity contribution in [2.45, 2.75) is 4.90 Å². The molecular weight excluding hydrogens is 446 g/mol. The van der Waals surface area contributed by atoms with Gasteiger partial charge in [0.05, 0.1) is 24.8 Å².